The third kappa shape index (κ3) is 2.29. The first-order valence-corrected chi connectivity index (χ1v) is 7.83. The number of thioether (sulfide) groups is 1. The second-order valence-electron chi connectivity index (χ2n) is 3.97. The van der Waals surface area contributed by atoms with Gasteiger partial charge < -0.3 is 4.90 Å². The van der Waals surface area contributed by atoms with E-state index in [-0.39, 0.29) is 5.37 Å². The third-order valence-electron chi connectivity index (χ3n) is 2.84. The zero-order chi connectivity index (χ0) is 12.6. The van der Waals surface area contributed by atoms with Crippen LogP contribution < -0.4 is 4.90 Å². The van der Waals surface area contributed by atoms with Gasteiger partial charge >= 0.3 is 0 Å². The van der Waals surface area contributed by atoms with Gasteiger partial charge in [-0.15, -0.1) is 0 Å². The lowest BCUT2D eigenvalue weighted by Crippen LogP contribution is -2.42. The van der Waals surface area contributed by atoms with E-state index in [9.17, 15) is 13.0 Å². The monoisotopic (exact) mass is 273 g/mol. The number of hydrogen-bond donors (Lipinski definition) is 1. The number of benzene rings is 1. The first-order valence-electron chi connectivity index (χ1n) is 5.45. The van der Waals surface area contributed by atoms with Crippen LogP contribution in [0.25, 0.3) is 0 Å². The van der Waals surface area contributed by atoms with Crippen LogP contribution in [0.4, 0.5) is 5.69 Å². The Balaban J connectivity index is 2.45. The largest absolute Gasteiger partial charge is 0.340 e. The predicted octanol–water partition coefficient (Wildman–Crippen LogP) is 2.57. The van der Waals surface area contributed by atoms with Crippen molar-refractivity contribution in [3.05, 3.63) is 24.3 Å². The highest BCUT2D eigenvalue weighted by Gasteiger charge is 2.37. The quantitative estimate of drug-likeness (QED) is 0.858. The Kier molecular flexibility index (Phi) is 3.38. The number of rotatable bonds is 3. The minimum atomic E-state index is -4.06. The molecule has 2 rings (SSSR count). The summed E-state index contributed by atoms with van der Waals surface area (Å²) >= 11 is 1.61. The van der Waals surface area contributed by atoms with Gasteiger partial charge in [0.05, 0.1) is 11.1 Å². The third-order valence-corrected chi connectivity index (χ3v) is 5.25. The summed E-state index contributed by atoms with van der Waals surface area (Å²) in [5.74, 6) is 0. The SMILES string of the molecule is CCC(N1c2ccccc2SC1C)S(=O)(=O)O. The lowest BCUT2D eigenvalue weighted by molar-refractivity contribution is 0.459. The Morgan fingerprint density at radius 3 is 2.71 bits per heavy atom. The molecule has 2 atom stereocenters. The summed E-state index contributed by atoms with van der Waals surface area (Å²) in [6.07, 6.45) is 0.359. The highest BCUT2D eigenvalue weighted by Crippen LogP contribution is 2.45. The minimum Gasteiger partial charge on any atom is -0.340 e. The molecule has 0 bridgehead atoms. The predicted molar refractivity (Wildman–Crippen MR) is 69.9 cm³/mol. The number of anilines is 1. The molecule has 6 heteroatoms. The lowest BCUT2D eigenvalue weighted by atomic mass is 10.2. The van der Waals surface area contributed by atoms with Crippen LogP contribution in [0.1, 0.15) is 20.3 Å². The van der Waals surface area contributed by atoms with E-state index in [0.717, 1.165) is 10.6 Å². The van der Waals surface area contributed by atoms with Crippen LogP contribution in [0.2, 0.25) is 0 Å². The fourth-order valence-electron chi connectivity index (χ4n) is 2.15. The van der Waals surface area contributed by atoms with Crippen LogP contribution in [-0.4, -0.2) is 23.7 Å². The Morgan fingerprint density at radius 1 is 1.47 bits per heavy atom. The lowest BCUT2D eigenvalue weighted by Gasteiger charge is -2.30. The summed E-state index contributed by atoms with van der Waals surface area (Å²) in [4.78, 5) is 2.83. The molecule has 0 radical (unpaired) electrons. The topological polar surface area (TPSA) is 57.6 Å². The van der Waals surface area contributed by atoms with Gasteiger partial charge in [-0.2, -0.15) is 8.42 Å². The van der Waals surface area contributed by atoms with Crippen molar-refractivity contribution in [2.24, 2.45) is 0 Å². The second kappa shape index (κ2) is 4.51. The first-order chi connectivity index (χ1) is 7.95. The zero-order valence-electron chi connectivity index (χ0n) is 9.70. The van der Waals surface area contributed by atoms with E-state index in [2.05, 4.69) is 0 Å². The van der Waals surface area contributed by atoms with Crippen molar-refractivity contribution in [2.45, 2.75) is 35.9 Å². The Labute approximate surface area is 106 Å². The molecule has 0 saturated heterocycles. The summed E-state index contributed by atoms with van der Waals surface area (Å²) in [6.45, 7) is 3.70. The van der Waals surface area contributed by atoms with Crippen LogP contribution in [0.5, 0.6) is 0 Å². The highest BCUT2D eigenvalue weighted by molar-refractivity contribution is 8.00. The van der Waals surface area contributed by atoms with E-state index in [0.29, 0.717) is 6.42 Å². The number of fused-ring (bicyclic) bond motifs is 1. The van der Waals surface area contributed by atoms with Gasteiger partial charge in [0.2, 0.25) is 0 Å². The summed E-state index contributed by atoms with van der Waals surface area (Å²) < 4.78 is 32.1. The maximum absolute atomic E-state index is 11.4. The van der Waals surface area contributed by atoms with E-state index in [1.807, 2.05) is 31.2 Å². The molecule has 2 unspecified atom stereocenters. The standard InChI is InChI=1S/C11H15NO3S2/c1-3-11(17(13,14)15)12-8(2)16-10-7-5-4-6-9(10)12/h4-8,11H,3H2,1-2H3,(H,13,14,15). The summed E-state index contributed by atoms with van der Waals surface area (Å²) in [5.41, 5.74) is 0.884. The fraction of sp³-hybridized carbons (Fsp3) is 0.455. The molecule has 1 N–H and O–H groups in total. The van der Waals surface area contributed by atoms with Crippen LogP contribution >= 0.6 is 11.8 Å². The van der Waals surface area contributed by atoms with Crippen LogP contribution in [-0.2, 0) is 10.1 Å². The minimum absolute atomic E-state index is 0.0132. The van der Waals surface area contributed by atoms with Gasteiger partial charge in [0, 0.05) is 4.90 Å². The van der Waals surface area contributed by atoms with E-state index in [1.165, 1.54) is 0 Å². The summed E-state index contributed by atoms with van der Waals surface area (Å²) in [7, 11) is -4.06. The number of para-hydroxylation sites is 1. The smallest absolute Gasteiger partial charge is 0.286 e. The van der Waals surface area contributed by atoms with E-state index < -0.39 is 15.5 Å². The van der Waals surface area contributed by atoms with Gasteiger partial charge in [-0.25, -0.2) is 0 Å². The first kappa shape index (κ1) is 12.7. The van der Waals surface area contributed by atoms with E-state index in [1.54, 1.807) is 23.6 Å². The molecule has 4 nitrogen and oxygen atoms in total. The number of nitrogens with zero attached hydrogens (tertiary/aromatic N) is 1. The zero-order valence-corrected chi connectivity index (χ0v) is 11.3. The molecule has 1 aliphatic heterocycles. The molecule has 0 aromatic heterocycles. The molecule has 17 heavy (non-hydrogen) atoms. The fourth-order valence-corrected chi connectivity index (χ4v) is 4.42. The molecule has 1 aromatic carbocycles. The molecular formula is C11H15NO3S2. The summed E-state index contributed by atoms with van der Waals surface area (Å²) in [6, 6.07) is 7.66. The Hall–Kier alpha value is -0.720. The van der Waals surface area contributed by atoms with Crippen molar-refractivity contribution in [1.29, 1.82) is 0 Å². The van der Waals surface area contributed by atoms with Gasteiger partial charge in [0.25, 0.3) is 10.1 Å². The van der Waals surface area contributed by atoms with Crippen LogP contribution in [0, 0.1) is 0 Å². The molecule has 0 fully saturated rings. The highest BCUT2D eigenvalue weighted by atomic mass is 32.2. The number of hydrogen-bond acceptors (Lipinski definition) is 4. The molecular weight excluding hydrogens is 258 g/mol. The van der Waals surface area contributed by atoms with Gasteiger partial charge in [0.15, 0.2) is 5.37 Å². The Morgan fingerprint density at radius 2 is 2.12 bits per heavy atom. The van der Waals surface area contributed by atoms with Crippen LogP contribution in [0.3, 0.4) is 0 Å². The average Bonchev–Trinajstić information content (AvgIpc) is 2.55. The molecule has 0 amide bonds. The molecule has 1 heterocycles. The van der Waals surface area contributed by atoms with Gasteiger partial charge in [-0.05, 0) is 25.5 Å². The van der Waals surface area contributed by atoms with Crippen molar-refractivity contribution >= 4 is 27.6 Å². The van der Waals surface area contributed by atoms with Gasteiger partial charge in [0.1, 0.15) is 0 Å². The summed E-state index contributed by atoms with van der Waals surface area (Å²) in [5, 5.41) is -0.854. The van der Waals surface area contributed by atoms with Crippen molar-refractivity contribution in [3.8, 4) is 0 Å². The maximum Gasteiger partial charge on any atom is 0.286 e. The molecule has 0 spiro atoms. The van der Waals surface area contributed by atoms with E-state index in [4.69, 9.17) is 0 Å². The maximum atomic E-state index is 11.4. The van der Waals surface area contributed by atoms with Crippen molar-refractivity contribution in [3.63, 3.8) is 0 Å². The molecule has 1 aliphatic rings. The normalized spacial score (nSPS) is 21.4. The molecule has 0 aliphatic carbocycles. The van der Waals surface area contributed by atoms with Crippen molar-refractivity contribution < 1.29 is 13.0 Å². The van der Waals surface area contributed by atoms with Crippen molar-refractivity contribution in [1.82, 2.24) is 0 Å². The average molecular weight is 273 g/mol. The van der Waals surface area contributed by atoms with Crippen molar-refractivity contribution in [2.75, 3.05) is 4.90 Å². The molecule has 1 aromatic rings. The second-order valence-corrected chi connectivity index (χ2v) is 6.90. The van der Waals surface area contributed by atoms with Gasteiger partial charge in [-0.1, -0.05) is 30.8 Å². The van der Waals surface area contributed by atoms with E-state index >= 15 is 0 Å². The molecule has 0 saturated carbocycles. The molecule has 94 valence electrons. The van der Waals surface area contributed by atoms with Crippen LogP contribution in [0.15, 0.2) is 29.2 Å². The van der Waals surface area contributed by atoms with Gasteiger partial charge in [-0.3, -0.25) is 4.55 Å². The Bertz CT molecular complexity index is 515.